The van der Waals surface area contributed by atoms with E-state index in [4.69, 9.17) is 5.73 Å². The smallest absolute Gasteiger partial charge is 0.249 e. The Kier molecular flexibility index (Phi) is 5.56. The van der Waals surface area contributed by atoms with Gasteiger partial charge in [-0.15, -0.1) is 0 Å². The molecule has 0 aliphatic carbocycles. The number of likely N-dealkylation sites (N-methyl/N-ethyl adjacent to an activating group) is 1. The number of rotatable bonds is 5. The van der Waals surface area contributed by atoms with E-state index in [9.17, 15) is 14.0 Å². The van der Waals surface area contributed by atoms with Crippen molar-refractivity contribution < 1.29 is 14.0 Å². The lowest BCUT2D eigenvalue weighted by atomic mass is 9.94. The zero-order valence-electron chi connectivity index (χ0n) is 15.5. The van der Waals surface area contributed by atoms with Crippen molar-refractivity contribution in [3.8, 4) is 0 Å². The summed E-state index contributed by atoms with van der Waals surface area (Å²) in [6.07, 6.45) is 0.461. The number of nitrogens with zero attached hydrogens (tertiary/aromatic N) is 2. The Morgan fingerprint density at radius 3 is 2.48 bits per heavy atom. The molecule has 5 nitrogen and oxygen atoms in total. The average molecular weight is 369 g/mol. The number of halogens is 1. The van der Waals surface area contributed by atoms with Crippen molar-refractivity contribution in [2.24, 2.45) is 11.7 Å². The van der Waals surface area contributed by atoms with Crippen LogP contribution in [0.5, 0.6) is 0 Å². The monoisotopic (exact) mass is 369 g/mol. The van der Waals surface area contributed by atoms with Gasteiger partial charge in [0.1, 0.15) is 11.9 Å². The van der Waals surface area contributed by atoms with Crippen LogP contribution in [-0.2, 0) is 9.59 Å². The summed E-state index contributed by atoms with van der Waals surface area (Å²) in [6, 6.07) is 14.5. The first-order valence-electron chi connectivity index (χ1n) is 9.05. The second-order valence-electron chi connectivity index (χ2n) is 6.92. The number of hydrogen-bond donors (Lipinski definition) is 1. The van der Waals surface area contributed by atoms with Gasteiger partial charge in [-0.3, -0.25) is 9.59 Å². The molecular weight excluding hydrogens is 345 g/mol. The van der Waals surface area contributed by atoms with Crippen LogP contribution >= 0.6 is 0 Å². The normalized spacial score (nSPS) is 19.0. The van der Waals surface area contributed by atoms with Crippen LogP contribution in [-0.4, -0.2) is 36.3 Å². The number of benzene rings is 2. The summed E-state index contributed by atoms with van der Waals surface area (Å²) in [7, 11) is 1.62. The fourth-order valence-electron chi connectivity index (χ4n) is 3.53. The highest BCUT2D eigenvalue weighted by molar-refractivity contribution is 6.01. The molecule has 3 rings (SSSR count). The molecule has 1 aliphatic rings. The zero-order chi connectivity index (χ0) is 19.6. The Bertz CT molecular complexity index is 827. The van der Waals surface area contributed by atoms with E-state index in [-0.39, 0.29) is 17.5 Å². The van der Waals surface area contributed by atoms with Crippen LogP contribution in [0, 0.1) is 11.7 Å². The van der Waals surface area contributed by atoms with E-state index in [0.717, 1.165) is 5.56 Å². The van der Waals surface area contributed by atoms with Crippen molar-refractivity contribution in [3.05, 3.63) is 66.0 Å². The molecule has 1 heterocycles. The maximum absolute atomic E-state index is 14.0. The molecule has 142 valence electrons. The number of hydrogen-bond acceptors (Lipinski definition) is 3. The first-order chi connectivity index (χ1) is 12.9. The number of carbonyl (C=O) groups excluding carboxylic acids is 2. The Hall–Kier alpha value is -2.73. The lowest BCUT2D eigenvalue weighted by molar-refractivity contribution is -0.140. The third kappa shape index (κ3) is 3.71. The van der Waals surface area contributed by atoms with Crippen molar-refractivity contribution in [1.82, 2.24) is 4.90 Å². The van der Waals surface area contributed by atoms with Gasteiger partial charge in [-0.25, -0.2) is 4.39 Å². The van der Waals surface area contributed by atoms with Crippen LogP contribution in [0.4, 0.5) is 10.1 Å². The van der Waals surface area contributed by atoms with Gasteiger partial charge >= 0.3 is 0 Å². The molecule has 3 unspecified atom stereocenters. The summed E-state index contributed by atoms with van der Waals surface area (Å²) in [4.78, 5) is 28.6. The van der Waals surface area contributed by atoms with Crippen LogP contribution in [0.2, 0.25) is 0 Å². The number of nitrogens with two attached hydrogens (primary N) is 1. The largest absolute Gasteiger partial charge is 0.333 e. The highest BCUT2D eigenvalue weighted by Crippen LogP contribution is 2.28. The minimum absolute atomic E-state index is 0.194. The lowest BCUT2D eigenvalue weighted by Crippen LogP contribution is -2.46. The molecule has 0 saturated carbocycles. The van der Waals surface area contributed by atoms with Gasteiger partial charge in [-0.05, 0) is 24.1 Å². The van der Waals surface area contributed by atoms with Crippen molar-refractivity contribution in [1.29, 1.82) is 0 Å². The number of carbonyl (C=O) groups is 2. The second-order valence-corrected chi connectivity index (χ2v) is 6.92. The molecule has 1 saturated heterocycles. The SMILES string of the molecule is CC(C(=O)N(C)C1CCN(c2ccccc2F)C1=O)C(N)c1ccccc1. The van der Waals surface area contributed by atoms with Crippen molar-refractivity contribution in [3.63, 3.8) is 0 Å². The number of para-hydroxylation sites is 1. The fraction of sp³-hybridized carbons (Fsp3) is 0.333. The van der Waals surface area contributed by atoms with E-state index in [1.165, 1.54) is 15.9 Å². The first kappa shape index (κ1) is 19.0. The molecule has 27 heavy (non-hydrogen) atoms. The van der Waals surface area contributed by atoms with Crippen LogP contribution < -0.4 is 10.6 Å². The van der Waals surface area contributed by atoms with Gasteiger partial charge in [-0.2, -0.15) is 0 Å². The minimum Gasteiger partial charge on any atom is -0.333 e. The second kappa shape index (κ2) is 7.88. The van der Waals surface area contributed by atoms with Crippen LogP contribution in [0.25, 0.3) is 0 Å². The van der Waals surface area contributed by atoms with Crippen molar-refractivity contribution >= 4 is 17.5 Å². The van der Waals surface area contributed by atoms with Crippen molar-refractivity contribution in [2.45, 2.75) is 25.4 Å². The quantitative estimate of drug-likeness (QED) is 0.881. The van der Waals surface area contributed by atoms with Crippen LogP contribution in [0.15, 0.2) is 54.6 Å². The van der Waals surface area contributed by atoms with Gasteiger partial charge in [0, 0.05) is 19.6 Å². The topological polar surface area (TPSA) is 66.6 Å². The molecule has 2 N–H and O–H groups in total. The Balaban J connectivity index is 1.72. The Labute approximate surface area is 158 Å². The summed E-state index contributed by atoms with van der Waals surface area (Å²) >= 11 is 0. The van der Waals surface area contributed by atoms with Gasteiger partial charge in [-0.1, -0.05) is 49.4 Å². The van der Waals surface area contributed by atoms with Gasteiger partial charge in [0.2, 0.25) is 11.8 Å². The zero-order valence-corrected chi connectivity index (χ0v) is 15.5. The fourth-order valence-corrected chi connectivity index (χ4v) is 3.53. The van der Waals surface area contributed by atoms with E-state index >= 15 is 0 Å². The summed E-state index contributed by atoms with van der Waals surface area (Å²) < 4.78 is 14.0. The summed E-state index contributed by atoms with van der Waals surface area (Å²) in [5.41, 5.74) is 7.38. The van der Waals surface area contributed by atoms with Gasteiger partial charge in [0.15, 0.2) is 0 Å². The molecule has 6 heteroatoms. The average Bonchev–Trinajstić information content (AvgIpc) is 3.08. The molecule has 0 radical (unpaired) electrons. The third-order valence-electron chi connectivity index (χ3n) is 5.25. The van der Waals surface area contributed by atoms with E-state index in [1.807, 2.05) is 30.3 Å². The molecule has 1 fully saturated rings. The van der Waals surface area contributed by atoms with Gasteiger partial charge in [0.05, 0.1) is 11.6 Å². The van der Waals surface area contributed by atoms with Gasteiger partial charge < -0.3 is 15.5 Å². The van der Waals surface area contributed by atoms with E-state index < -0.39 is 23.8 Å². The molecule has 0 bridgehead atoms. The molecule has 2 aromatic rings. The Morgan fingerprint density at radius 2 is 1.81 bits per heavy atom. The maximum Gasteiger partial charge on any atom is 0.249 e. The highest BCUT2D eigenvalue weighted by Gasteiger charge is 2.39. The van der Waals surface area contributed by atoms with E-state index in [2.05, 4.69) is 0 Å². The van der Waals surface area contributed by atoms with Crippen molar-refractivity contribution in [2.75, 3.05) is 18.5 Å². The lowest BCUT2D eigenvalue weighted by Gasteiger charge is -2.29. The number of anilines is 1. The highest BCUT2D eigenvalue weighted by atomic mass is 19.1. The summed E-state index contributed by atoms with van der Waals surface area (Å²) in [5.74, 6) is -1.39. The molecule has 3 atom stereocenters. The molecule has 0 aromatic heterocycles. The summed E-state index contributed by atoms with van der Waals surface area (Å²) in [5, 5.41) is 0. The standard InChI is InChI=1S/C21H24FN3O2/c1-14(19(23)15-8-4-3-5-9-15)20(26)24(2)18-12-13-25(21(18)27)17-11-7-6-10-16(17)22/h3-11,14,18-19H,12-13,23H2,1-2H3. The van der Waals surface area contributed by atoms with Gasteiger partial charge in [0.25, 0.3) is 0 Å². The Morgan fingerprint density at radius 1 is 1.19 bits per heavy atom. The minimum atomic E-state index is -0.609. The third-order valence-corrected chi connectivity index (χ3v) is 5.25. The number of amides is 2. The van der Waals surface area contributed by atoms with E-state index in [0.29, 0.717) is 13.0 Å². The summed E-state index contributed by atoms with van der Waals surface area (Å²) in [6.45, 7) is 2.14. The predicted molar refractivity (Wildman–Crippen MR) is 102 cm³/mol. The molecule has 2 amide bonds. The molecule has 2 aromatic carbocycles. The predicted octanol–water partition coefficient (Wildman–Crippen LogP) is 2.73. The molecular formula is C21H24FN3O2. The van der Waals surface area contributed by atoms with Crippen LogP contribution in [0.1, 0.15) is 24.9 Å². The first-order valence-corrected chi connectivity index (χ1v) is 9.05. The molecule has 1 aliphatic heterocycles. The van der Waals surface area contributed by atoms with Crippen LogP contribution in [0.3, 0.4) is 0 Å². The van der Waals surface area contributed by atoms with E-state index in [1.54, 1.807) is 32.2 Å². The molecule has 0 spiro atoms. The maximum atomic E-state index is 14.0.